The molecule has 1 amide bonds. The molecule has 0 radical (unpaired) electrons. The molecule has 1 N–H and O–H groups in total. The topological polar surface area (TPSA) is 130 Å². The van der Waals surface area contributed by atoms with E-state index in [0.29, 0.717) is 35.2 Å². The van der Waals surface area contributed by atoms with Crippen molar-refractivity contribution in [3.8, 4) is 22.9 Å². The number of aryl methyl sites for hydroxylation is 2. The molecule has 11 heteroatoms. The van der Waals surface area contributed by atoms with Gasteiger partial charge in [0.1, 0.15) is 24.7 Å². The molecule has 0 aliphatic rings. The Morgan fingerprint density at radius 3 is 2.31 bits per heavy atom. The molecular weight excluding hydrogens is 576 g/mol. The zero-order valence-corrected chi connectivity index (χ0v) is 25.1. The minimum atomic E-state index is -0.507. The van der Waals surface area contributed by atoms with Crippen molar-refractivity contribution < 1.29 is 28.3 Å². The number of rotatable bonds is 13. The van der Waals surface area contributed by atoms with Crippen LogP contribution in [0.4, 0.5) is 5.69 Å². The fraction of sp³-hybridized carbons (Fsp3) is 0.176. The van der Waals surface area contributed by atoms with Crippen LogP contribution < -0.4 is 19.6 Å². The van der Waals surface area contributed by atoms with Crippen LogP contribution in [-0.2, 0) is 13.2 Å². The number of aromatic nitrogens is 1. The van der Waals surface area contributed by atoms with Gasteiger partial charge in [-0.3, -0.25) is 14.9 Å². The summed E-state index contributed by atoms with van der Waals surface area (Å²) < 4.78 is 25.2. The molecule has 3 aromatic carbocycles. The van der Waals surface area contributed by atoms with Gasteiger partial charge in [-0.15, -0.1) is 0 Å². The molecular formula is C34H32N4O7. The van der Waals surface area contributed by atoms with Gasteiger partial charge in [-0.25, -0.2) is 5.43 Å². The summed E-state index contributed by atoms with van der Waals surface area (Å²) in [7, 11) is 0. The normalized spacial score (nSPS) is 11.0. The Balaban J connectivity index is 1.13. The minimum absolute atomic E-state index is 0.0157. The van der Waals surface area contributed by atoms with E-state index >= 15 is 0 Å². The maximum atomic E-state index is 12.6. The highest BCUT2D eigenvalue weighted by Gasteiger charge is 2.12. The molecule has 45 heavy (non-hydrogen) atoms. The van der Waals surface area contributed by atoms with Gasteiger partial charge in [-0.05, 0) is 111 Å². The van der Waals surface area contributed by atoms with Gasteiger partial charge in [0, 0.05) is 29.2 Å². The quantitative estimate of drug-likeness (QED) is 0.0873. The Morgan fingerprint density at radius 2 is 1.62 bits per heavy atom. The fourth-order valence-electron chi connectivity index (χ4n) is 4.59. The molecule has 0 saturated carbocycles. The Labute approximate surface area is 259 Å². The van der Waals surface area contributed by atoms with Crippen molar-refractivity contribution >= 4 is 17.8 Å². The van der Waals surface area contributed by atoms with Crippen LogP contribution in [0.1, 0.15) is 45.8 Å². The van der Waals surface area contributed by atoms with Crippen LogP contribution in [0.5, 0.6) is 17.2 Å². The molecule has 2 aromatic heterocycles. The van der Waals surface area contributed by atoms with Gasteiger partial charge in [0.15, 0.2) is 17.3 Å². The highest BCUT2D eigenvalue weighted by Crippen LogP contribution is 2.29. The van der Waals surface area contributed by atoms with Gasteiger partial charge < -0.3 is 23.2 Å². The number of nitro benzene ring substituents is 1. The maximum Gasteiger partial charge on any atom is 0.307 e. The highest BCUT2D eigenvalue weighted by atomic mass is 16.6. The standard InChI is InChI=1S/C34H32N4O7/c1-4-42-33-19-26(9-17-31(33)44-21-25-7-10-28(11-8-25)38(40)41)20-35-36-34(39)32-18-16-30(45-32)22-43-29-14-12-27(13-15-29)37-23(2)5-6-24(37)3/h5-20H,4,21-22H2,1-3H3,(H,36,39)/b35-20+. The number of non-ortho nitro benzene ring substituents is 1. The lowest BCUT2D eigenvalue weighted by Gasteiger charge is -2.12. The molecule has 0 unspecified atom stereocenters. The number of nitrogens with zero attached hydrogens (tertiary/aromatic N) is 3. The van der Waals surface area contributed by atoms with E-state index in [-0.39, 0.29) is 24.7 Å². The van der Waals surface area contributed by atoms with E-state index in [0.717, 1.165) is 22.6 Å². The number of nitro groups is 1. The van der Waals surface area contributed by atoms with Crippen molar-refractivity contribution in [3.63, 3.8) is 0 Å². The van der Waals surface area contributed by atoms with Crippen molar-refractivity contribution in [1.29, 1.82) is 0 Å². The Hall–Kier alpha value is -5.84. The summed E-state index contributed by atoms with van der Waals surface area (Å²) in [6.45, 7) is 6.76. The smallest absolute Gasteiger partial charge is 0.307 e. The van der Waals surface area contributed by atoms with E-state index < -0.39 is 10.8 Å². The molecule has 0 aliphatic carbocycles. The number of amides is 1. The Bertz CT molecular complexity index is 1790. The van der Waals surface area contributed by atoms with E-state index in [1.54, 1.807) is 42.5 Å². The van der Waals surface area contributed by atoms with Crippen molar-refractivity contribution in [2.45, 2.75) is 34.0 Å². The van der Waals surface area contributed by atoms with Gasteiger partial charge in [0.25, 0.3) is 5.69 Å². The first-order valence-corrected chi connectivity index (χ1v) is 14.2. The van der Waals surface area contributed by atoms with Crippen LogP contribution in [0.15, 0.2) is 101 Å². The molecule has 0 fully saturated rings. The summed E-state index contributed by atoms with van der Waals surface area (Å²) in [5.74, 6) is 1.77. The first-order chi connectivity index (χ1) is 21.8. The van der Waals surface area contributed by atoms with Crippen molar-refractivity contribution in [3.05, 3.63) is 135 Å². The van der Waals surface area contributed by atoms with E-state index in [9.17, 15) is 14.9 Å². The highest BCUT2D eigenvalue weighted by molar-refractivity contribution is 5.92. The number of hydrogen-bond acceptors (Lipinski definition) is 8. The lowest BCUT2D eigenvalue weighted by Crippen LogP contribution is -2.16. The van der Waals surface area contributed by atoms with Crippen LogP contribution in [0, 0.1) is 24.0 Å². The predicted octanol–water partition coefficient (Wildman–Crippen LogP) is 6.92. The van der Waals surface area contributed by atoms with Crippen LogP contribution in [-0.4, -0.2) is 28.2 Å². The second-order valence-corrected chi connectivity index (χ2v) is 10.1. The van der Waals surface area contributed by atoms with Crippen molar-refractivity contribution in [2.75, 3.05) is 6.61 Å². The summed E-state index contributed by atoms with van der Waals surface area (Å²) in [5.41, 5.74) is 7.29. The molecule has 0 bridgehead atoms. The zero-order chi connectivity index (χ0) is 31.8. The number of nitrogens with one attached hydrogen (secondary N) is 1. The number of hydrogen-bond donors (Lipinski definition) is 1. The van der Waals surface area contributed by atoms with E-state index in [1.165, 1.54) is 18.3 Å². The van der Waals surface area contributed by atoms with Crippen molar-refractivity contribution in [1.82, 2.24) is 9.99 Å². The number of carbonyl (C=O) groups is 1. The minimum Gasteiger partial charge on any atom is -0.490 e. The lowest BCUT2D eigenvalue weighted by molar-refractivity contribution is -0.384. The lowest BCUT2D eigenvalue weighted by atomic mass is 10.2. The molecule has 11 nitrogen and oxygen atoms in total. The summed E-state index contributed by atoms with van der Waals surface area (Å²) >= 11 is 0. The molecule has 0 atom stereocenters. The van der Waals surface area contributed by atoms with Crippen LogP contribution >= 0.6 is 0 Å². The Morgan fingerprint density at radius 1 is 0.889 bits per heavy atom. The second-order valence-electron chi connectivity index (χ2n) is 10.1. The summed E-state index contributed by atoms with van der Waals surface area (Å²) in [6, 6.07) is 26.6. The number of ether oxygens (including phenoxy) is 3. The maximum absolute atomic E-state index is 12.6. The third-order valence-electron chi connectivity index (χ3n) is 6.82. The van der Waals surface area contributed by atoms with E-state index in [4.69, 9.17) is 18.6 Å². The summed E-state index contributed by atoms with van der Waals surface area (Å²) in [6.07, 6.45) is 1.48. The van der Waals surface area contributed by atoms with Crippen molar-refractivity contribution in [2.24, 2.45) is 5.10 Å². The average Bonchev–Trinajstić information content (AvgIpc) is 3.66. The summed E-state index contributed by atoms with van der Waals surface area (Å²) in [4.78, 5) is 23.0. The van der Waals surface area contributed by atoms with Gasteiger partial charge in [-0.2, -0.15) is 5.10 Å². The van der Waals surface area contributed by atoms with Gasteiger partial charge in [0.2, 0.25) is 0 Å². The van der Waals surface area contributed by atoms with Gasteiger partial charge in [0.05, 0.1) is 17.7 Å². The molecule has 0 spiro atoms. The van der Waals surface area contributed by atoms with Crippen LogP contribution in [0.3, 0.4) is 0 Å². The largest absolute Gasteiger partial charge is 0.490 e. The molecule has 5 rings (SSSR count). The average molecular weight is 609 g/mol. The van der Waals surface area contributed by atoms with E-state index in [2.05, 4.69) is 41.1 Å². The predicted molar refractivity (Wildman–Crippen MR) is 168 cm³/mol. The molecule has 0 aliphatic heterocycles. The molecule has 5 aromatic rings. The second kappa shape index (κ2) is 14.1. The number of benzene rings is 3. The van der Waals surface area contributed by atoms with Crippen LogP contribution in [0.2, 0.25) is 0 Å². The SMILES string of the molecule is CCOc1cc(/C=N/NC(=O)c2ccc(COc3ccc(-n4c(C)ccc4C)cc3)o2)ccc1OCc1ccc([N+](=O)[O-])cc1. The fourth-order valence-corrected chi connectivity index (χ4v) is 4.59. The van der Waals surface area contributed by atoms with Gasteiger partial charge in [-0.1, -0.05) is 0 Å². The zero-order valence-electron chi connectivity index (χ0n) is 25.1. The third-order valence-corrected chi connectivity index (χ3v) is 6.82. The number of hydrazone groups is 1. The third kappa shape index (κ3) is 7.77. The van der Waals surface area contributed by atoms with Crippen LogP contribution in [0.25, 0.3) is 5.69 Å². The molecule has 0 saturated heterocycles. The number of furan rings is 1. The van der Waals surface area contributed by atoms with E-state index in [1.807, 2.05) is 31.2 Å². The molecule has 230 valence electrons. The Kier molecular flexibility index (Phi) is 9.58. The first kappa shape index (κ1) is 30.6. The first-order valence-electron chi connectivity index (χ1n) is 14.2. The van der Waals surface area contributed by atoms with Gasteiger partial charge >= 0.3 is 5.91 Å². The number of carbonyl (C=O) groups excluding carboxylic acids is 1. The molecule has 2 heterocycles. The summed E-state index contributed by atoms with van der Waals surface area (Å²) in [5, 5.41) is 14.9. The monoisotopic (exact) mass is 608 g/mol.